The molecule has 7 heavy (non-hydrogen) atoms. The van der Waals surface area contributed by atoms with E-state index in [-0.39, 0.29) is 25.8 Å². The van der Waals surface area contributed by atoms with Crippen molar-refractivity contribution in [3.05, 3.63) is 15.3 Å². The van der Waals surface area contributed by atoms with Crippen LogP contribution in [-0.4, -0.2) is 17.3 Å². The molecule has 0 saturated heterocycles. The summed E-state index contributed by atoms with van der Waals surface area (Å²) in [5.74, 6) is 0. The van der Waals surface area contributed by atoms with E-state index in [0.717, 1.165) is 7.11 Å². The van der Waals surface area contributed by atoms with Crippen LogP contribution in [0.15, 0.2) is 0 Å². The van der Waals surface area contributed by atoms with Gasteiger partial charge in [0.1, 0.15) is 0 Å². The summed E-state index contributed by atoms with van der Waals surface area (Å²) in [6.07, 6.45) is 0. The Kier molecular flexibility index (Phi) is 37.4. The first kappa shape index (κ1) is 15.7. The molecule has 0 fully saturated rings. The third kappa shape index (κ3) is 108000. The number of hydrogen-bond donors (Lipinski definition) is 1. The molecule has 0 aromatic carbocycles. The minimum absolute atomic E-state index is 0. The van der Waals surface area contributed by atoms with Gasteiger partial charge in [0.05, 0.1) is 5.09 Å². The van der Waals surface area contributed by atoms with Crippen LogP contribution in [-0.2, 0) is 25.8 Å². The molecule has 0 atom stereocenters. The maximum absolute atomic E-state index is 8.25. The minimum atomic E-state index is -1.75. The van der Waals surface area contributed by atoms with Crippen molar-refractivity contribution in [3.8, 4) is 0 Å². The number of nitrogens with zero attached hydrogens (tertiary/aromatic N) is 1. The third-order valence-corrected chi connectivity index (χ3v) is 0. The smallest absolute Gasteiger partial charge is 0.0689 e. The molecule has 0 unspecified atom stereocenters. The number of hydrogen-bond acceptors (Lipinski definition) is 4. The topological polar surface area (TPSA) is 86.4 Å². The fourth-order valence-electron chi connectivity index (χ4n) is 0. The van der Waals surface area contributed by atoms with Gasteiger partial charge in [-0.1, -0.05) is 0 Å². The molecule has 0 bridgehead atoms. The van der Waals surface area contributed by atoms with Crippen molar-refractivity contribution in [2.24, 2.45) is 0 Å². The molecule has 41 valence electrons. The van der Waals surface area contributed by atoms with Gasteiger partial charge in [-0.25, -0.2) is 0 Å². The summed E-state index contributed by atoms with van der Waals surface area (Å²) in [6.45, 7) is 0. The van der Waals surface area contributed by atoms with Crippen molar-refractivity contribution in [3.63, 3.8) is 0 Å². The fraction of sp³-hybridized carbons (Fsp3) is 1.00. The average molecular weight is 139 g/mol. The van der Waals surface area contributed by atoms with Gasteiger partial charge in [0.2, 0.25) is 0 Å². The Morgan fingerprint density at radius 2 is 1.43 bits per heavy atom. The summed E-state index contributed by atoms with van der Waals surface area (Å²) in [6, 6.07) is 0. The van der Waals surface area contributed by atoms with Crippen molar-refractivity contribution < 1.29 is 36.0 Å². The summed E-state index contributed by atoms with van der Waals surface area (Å²) in [4.78, 5) is 8.25. The maximum atomic E-state index is 8.25. The van der Waals surface area contributed by atoms with Crippen molar-refractivity contribution >= 4 is 0 Å². The van der Waals surface area contributed by atoms with Crippen LogP contribution in [0.1, 0.15) is 0 Å². The predicted octanol–water partition coefficient (Wildman–Crippen LogP) is -0.633. The van der Waals surface area contributed by atoms with Gasteiger partial charge in [-0.3, -0.25) is 0 Å². The van der Waals surface area contributed by atoms with E-state index < -0.39 is 5.09 Å². The summed E-state index contributed by atoms with van der Waals surface area (Å²) in [5.41, 5.74) is 0. The molecule has 0 aliphatic carbocycles. The molecule has 0 rings (SSSR count). The van der Waals surface area contributed by atoms with Gasteiger partial charge < -0.3 is 20.4 Å². The largest absolute Gasteiger partial charge is 0.400 e. The summed E-state index contributed by atoms with van der Waals surface area (Å²) in [7, 11) is 1.00. The van der Waals surface area contributed by atoms with Gasteiger partial charge in [-0.05, 0) is 0 Å². The molecule has 0 heterocycles. The van der Waals surface area contributed by atoms with Crippen LogP contribution in [0.4, 0.5) is 0 Å². The van der Waals surface area contributed by atoms with E-state index in [2.05, 4.69) is 0 Å². The van der Waals surface area contributed by atoms with Crippen LogP contribution >= 0.6 is 0 Å². The molecule has 1 radical (unpaired) electrons. The predicted molar refractivity (Wildman–Crippen MR) is 18.5 cm³/mol. The van der Waals surface area contributed by atoms with Crippen LogP contribution in [0.2, 0.25) is 0 Å². The molecule has 0 aromatic rings. The summed E-state index contributed by atoms with van der Waals surface area (Å²) < 4.78 is 0. The maximum Gasteiger partial charge on any atom is 0.0689 e. The zero-order chi connectivity index (χ0) is 5.58. The van der Waals surface area contributed by atoms with E-state index in [4.69, 9.17) is 20.4 Å². The SMILES string of the molecule is CO.O=[N+]([O-])[O-].[Sc]. The standard InChI is InChI=1S/CH4O.NO3.Sc/c1-2;2-1(3)4;/h2H,1H3;;/q;-1;. The zero-order valence-corrected chi connectivity index (χ0v) is 5.50. The monoisotopic (exact) mass is 139 g/mol. The van der Waals surface area contributed by atoms with Crippen molar-refractivity contribution in [2.45, 2.75) is 0 Å². The van der Waals surface area contributed by atoms with Crippen LogP contribution < -0.4 is 0 Å². The Morgan fingerprint density at radius 1 is 1.43 bits per heavy atom. The van der Waals surface area contributed by atoms with Crippen LogP contribution in [0.25, 0.3) is 0 Å². The van der Waals surface area contributed by atoms with Gasteiger partial charge in [0.15, 0.2) is 0 Å². The molecule has 0 amide bonds. The van der Waals surface area contributed by atoms with Crippen LogP contribution in [0.5, 0.6) is 0 Å². The van der Waals surface area contributed by atoms with E-state index in [1.807, 2.05) is 0 Å². The molecule has 0 spiro atoms. The van der Waals surface area contributed by atoms with Gasteiger partial charge in [-0.15, -0.1) is 0 Å². The molecule has 0 aromatic heterocycles. The Morgan fingerprint density at radius 3 is 1.43 bits per heavy atom. The second-order valence-electron chi connectivity index (χ2n) is 0.224. The summed E-state index contributed by atoms with van der Waals surface area (Å²) in [5, 5.41) is 21.8. The van der Waals surface area contributed by atoms with Gasteiger partial charge in [0.25, 0.3) is 0 Å². The Hall–Kier alpha value is 0.0301. The molecule has 0 aliphatic rings. The number of aliphatic hydroxyl groups is 1. The second-order valence-corrected chi connectivity index (χ2v) is 0.224. The van der Waals surface area contributed by atoms with Crippen LogP contribution in [0, 0.1) is 15.3 Å². The first-order valence-electron chi connectivity index (χ1n) is 0.995. The minimum Gasteiger partial charge on any atom is -0.400 e. The average Bonchev–Trinajstić information content (AvgIpc) is 1.41. The molecule has 5 nitrogen and oxygen atoms in total. The normalized spacial score (nSPS) is 4.29. The molecular formula is CH4NO4Sc-. The van der Waals surface area contributed by atoms with Gasteiger partial charge in [-0.2, -0.15) is 0 Å². The molecular weight excluding hydrogens is 135 g/mol. The molecule has 0 aliphatic heterocycles. The summed E-state index contributed by atoms with van der Waals surface area (Å²) >= 11 is 0. The van der Waals surface area contributed by atoms with E-state index >= 15 is 0 Å². The fourth-order valence-corrected chi connectivity index (χ4v) is 0. The number of rotatable bonds is 0. The van der Waals surface area contributed by atoms with Crippen molar-refractivity contribution in [2.75, 3.05) is 7.11 Å². The van der Waals surface area contributed by atoms with Crippen LogP contribution in [0.3, 0.4) is 0 Å². The first-order valence-corrected chi connectivity index (χ1v) is 0.995. The number of aliphatic hydroxyl groups excluding tert-OH is 1. The van der Waals surface area contributed by atoms with Crippen molar-refractivity contribution in [1.29, 1.82) is 0 Å². The van der Waals surface area contributed by atoms with Gasteiger partial charge in [0, 0.05) is 33.0 Å². The van der Waals surface area contributed by atoms with E-state index in [0.29, 0.717) is 0 Å². The Bertz CT molecular complexity index is 34.7. The Labute approximate surface area is 58.8 Å². The molecule has 6 heteroatoms. The second kappa shape index (κ2) is 16.6. The van der Waals surface area contributed by atoms with E-state index in [1.54, 1.807) is 0 Å². The van der Waals surface area contributed by atoms with Gasteiger partial charge >= 0.3 is 0 Å². The first-order chi connectivity index (χ1) is 2.73. The Balaban J connectivity index is -0.0000000480. The molecule has 0 saturated carbocycles. The third-order valence-electron chi connectivity index (χ3n) is 0. The van der Waals surface area contributed by atoms with E-state index in [9.17, 15) is 0 Å². The zero-order valence-electron chi connectivity index (χ0n) is 3.70. The van der Waals surface area contributed by atoms with E-state index in [1.165, 1.54) is 0 Å². The van der Waals surface area contributed by atoms with Crippen molar-refractivity contribution in [1.82, 2.24) is 0 Å². The molecule has 1 N–H and O–H groups in total. The quantitative estimate of drug-likeness (QED) is 0.357.